The van der Waals surface area contributed by atoms with Crippen molar-refractivity contribution >= 4 is 57.4 Å². The molecule has 4 rings (SSSR count). The molecule has 0 atom stereocenters. The van der Waals surface area contributed by atoms with Gasteiger partial charge in [0, 0.05) is 18.7 Å². The fraction of sp³-hybridized carbons (Fsp3) is 0.240. The second-order valence-electron chi connectivity index (χ2n) is 7.68. The van der Waals surface area contributed by atoms with E-state index in [0.29, 0.717) is 33.6 Å². The lowest BCUT2D eigenvalue weighted by Crippen LogP contribution is -2.27. The molecule has 2 heterocycles. The molecule has 7 nitrogen and oxygen atoms in total. The SMILES string of the molecule is CCN(CC)CCn1c(NC(=O)c2ccc(Cl)c(NC(=O)c3cccs3)c2)nc2ccccc21. The van der Waals surface area contributed by atoms with Crippen molar-refractivity contribution in [3.8, 4) is 0 Å². The molecule has 0 radical (unpaired) electrons. The lowest BCUT2D eigenvalue weighted by atomic mass is 10.2. The summed E-state index contributed by atoms with van der Waals surface area (Å²) >= 11 is 7.61. The summed E-state index contributed by atoms with van der Waals surface area (Å²) in [7, 11) is 0. The second kappa shape index (κ2) is 10.8. The second-order valence-corrected chi connectivity index (χ2v) is 9.04. The van der Waals surface area contributed by atoms with Gasteiger partial charge in [-0.15, -0.1) is 11.3 Å². The molecule has 0 saturated carbocycles. The summed E-state index contributed by atoms with van der Waals surface area (Å²) in [6.07, 6.45) is 0. The summed E-state index contributed by atoms with van der Waals surface area (Å²) in [6, 6.07) is 16.2. The Balaban J connectivity index is 1.57. The van der Waals surface area contributed by atoms with Crippen molar-refractivity contribution in [3.63, 3.8) is 0 Å². The Morgan fingerprint density at radius 2 is 1.82 bits per heavy atom. The largest absolute Gasteiger partial charge is 0.320 e. The van der Waals surface area contributed by atoms with E-state index in [-0.39, 0.29) is 11.8 Å². The van der Waals surface area contributed by atoms with Gasteiger partial charge in [0.1, 0.15) is 0 Å². The Morgan fingerprint density at radius 3 is 2.56 bits per heavy atom. The molecule has 0 aliphatic rings. The lowest BCUT2D eigenvalue weighted by molar-refractivity contribution is 0.101. The number of amides is 2. The van der Waals surface area contributed by atoms with Crippen LogP contribution in [0.25, 0.3) is 11.0 Å². The highest BCUT2D eigenvalue weighted by Crippen LogP contribution is 2.26. The molecular weight excluding hydrogens is 470 g/mol. The summed E-state index contributed by atoms with van der Waals surface area (Å²) in [5, 5.41) is 7.91. The Labute approximate surface area is 207 Å². The summed E-state index contributed by atoms with van der Waals surface area (Å²) < 4.78 is 2.03. The third-order valence-corrected chi connectivity index (χ3v) is 6.83. The molecule has 176 valence electrons. The summed E-state index contributed by atoms with van der Waals surface area (Å²) in [5.74, 6) is -0.118. The van der Waals surface area contributed by atoms with E-state index >= 15 is 0 Å². The summed E-state index contributed by atoms with van der Waals surface area (Å²) in [4.78, 5) is 33.1. The molecule has 2 N–H and O–H groups in total. The average Bonchev–Trinajstić information content (AvgIpc) is 3.50. The van der Waals surface area contributed by atoms with Crippen molar-refractivity contribution in [2.45, 2.75) is 20.4 Å². The van der Waals surface area contributed by atoms with Crippen LogP contribution in [0.1, 0.15) is 33.9 Å². The highest BCUT2D eigenvalue weighted by molar-refractivity contribution is 7.12. The van der Waals surface area contributed by atoms with Crippen molar-refractivity contribution < 1.29 is 9.59 Å². The molecule has 2 aromatic carbocycles. The maximum absolute atomic E-state index is 13.1. The highest BCUT2D eigenvalue weighted by Gasteiger charge is 2.17. The number of hydrogen-bond acceptors (Lipinski definition) is 5. The van der Waals surface area contributed by atoms with E-state index < -0.39 is 0 Å². The standard InChI is InChI=1S/C25H26ClN5O2S/c1-3-30(4-2)13-14-31-21-9-6-5-8-19(21)28-25(31)29-23(32)17-11-12-18(26)20(16-17)27-24(33)22-10-7-15-34-22/h5-12,15-16H,3-4,13-14H2,1-2H3,(H,27,33)(H,28,29,32). The number of para-hydroxylation sites is 2. The van der Waals surface area contributed by atoms with Gasteiger partial charge >= 0.3 is 0 Å². The Morgan fingerprint density at radius 1 is 1.03 bits per heavy atom. The maximum atomic E-state index is 13.1. The van der Waals surface area contributed by atoms with Crippen LogP contribution in [-0.2, 0) is 6.54 Å². The first-order valence-electron chi connectivity index (χ1n) is 11.1. The average molecular weight is 496 g/mol. The van der Waals surface area contributed by atoms with E-state index in [0.717, 1.165) is 30.7 Å². The molecule has 9 heteroatoms. The molecule has 0 spiro atoms. The third kappa shape index (κ3) is 5.30. The Hall–Kier alpha value is -3.20. The number of nitrogens with one attached hydrogen (secondary N) is 2. The first-order chi connectivity index (χ1) is 16.5. The number of benzene rings is 2. The van der Waals surface area contributed by atoms with Gasteiger partial charge in [-0.05, 0) is 54.9 Å². The monoisotopic (exact) mass is 495 g/mol. The summed E-state index contributed by atoms with van der Waals surface area (Å²) in [6.45, 7) is 7.71. The van der Waals surface area contributed by atoms with E-state index in [9.17, 15) is 9.59 Å². The molecule has 34 heavy (non-hydrogen) atoms. The van der Waals surface area contributed by atoms with Crippen LogP contribution < -0.4 is 10.6 Å². The number of rotatable bonds is 9. The minimum absolute atomic E-state index is 0.271. The zero-order valence-corrected chi connectivity index (χ0v) is 20.6. The molecule has 0 aliphatic carbocycles. The topological polar surface area (TPSA) is 79.3 Å². The number of carbonyl (C=O) groups excluding carboxylic acids is 2. The van der Waals surface area contributed by atoms with Crippen LogP contribution in [0.15, 0.2) is 60.0 Å². The van der Waals surface area contributed by atoms with E-state index in [1.165, 1.54) is 11.3 Å². The van der Waals surface area contributed by atoms with E-state index in [1.54, 1.807) is 30.3 Å². The number of aromatic nitrogens is 2. The molecule has 0 fully saturated rings. The van der Waals surface area contributed by atoms with Crippen molar-refractivity contribution in [1.82, 2.24) is 14.5 Å². The normalized spacial score (nSPS) is 11.2. The van der Waals surface area contributed by atoms with Gasteiger partial charge in [-0.3, -0.25) is 14.9 Å². The number of likely N-dealkylation sites (N-methyl/N-ethyl adjacent to an activating group) is 1. The van der Waals surface area contributed by atoms with E-state index in [4.69, 9.17) is 11.6 Å². The van der Waals surface area contributed by atoms with Gasteiger partial charge in [0.15, 0.2) is 0 Å². The van der Waals surface area contributed by atoms with E-state index in [2.05, 4.69) is 34.4 Å². The molecule has 4 aromatic rings. The fourth-order valence-corrected chi connectivity index (χ4v) is 4.49. The van der Waals surface area contributed by atoms with Crippen LogP contribution in [-0.4, -0.2) is 45.9 Å². The molecular formula is C25H26ClN5O2S. The molecule has 0 aliphatic heterocycles. The van der Waals surface area contributed by atoms with Crippen LogP contribution in [0.5, 0.6) is 0 Å². The van der Waals surface area contributed by atoms with Gasteiger partial charge in [-0.2, -0.15) is 0 Å². The predicted molar refractivity (Wildman–Crippen MR) is 139 cm³/mol. The number of hydrogen-bond donors (Lipinski definition) is 2. The van der Waals surface area contributed by atoms with Gasteiger partial charge in [0.05, 0.1) is 26.6 Å². The van der Waals surface area contributed by atoms with Crippen LogP contribution in [0.3, 0.4) is 0 Å². The molecule has 0 saturated heterocycles. The molecule has 0 bridgehead atoms. The first kappa shape index (κ1) is 23.9. The van der Waals surface area contributed by atoms with Gasteiger partial charge < -0.3 is 14.8 Å². The maximum Gasteiger partial charge on any atom is 0.265 e. The number of imidazole rings is 1. The molecule has 0 unspecified atom stereocenters. The predicted octanol–water partition coefficient (Wildman–Crippen LogP) is 5.60. The molecule has 2 amide bonds. The minimum atomic E-state index is -0.331. The highest BCUT2D eigenvalue weighted by atomic mass is 35.5. The number of fused-ring (bicyclic) bond motifs is 1. The minimum Gasteiger partial charge on any atom is -0.320 e. The van der Waals surface area contributed by atoms with Gasteiger partial charge in [-0.1, -0.05) is 43.6 Å². The number of anilines is 2. The van der Waals surface area contributed by atoms with Crippen LogP contribution in [0.2, 0.25) is 5.02 Å². The van der Waals surface area contributed by atoms with Crippen molar-refractivity contribution in [3.05, 3.63) is 75.4 Å². The number of nitrogens with zero attached hydrogens (tertiary/aromatic N) is 3. The zero-order chi connectivity index (χ0) is 24.1. The van der Waals surface area contributed by atoms with Crippen LogP contribution in [0.4, 0.5) is 11.6 Å². The van der Waals surface area contributed by atoms with Crippen molar-refractivity contribution in [2.24, 2.45) is 0 Å². The number of carbonyl (C=O) groups is 2. The molecule has 2 aromatic heterocycles. The van der Waals surface area contributed by atoms with Crippen molar-refractivity contribution in [2.75, 3.05) is 30.3 Å². The van der Waals surface area contributed by atoms with Gasteiger partial charge in [0.2, 0.25) is 5.95 Å². The fourth-order valence-electron chi connectivity index (χ4n) is 3.71. The Kier molecular flexibility index (Phi) is 7.62. The van der Waals surface area contributed by atoms with Gasteiger partial charge in [0.25, 0.3) is 11.8 Å². The van der Waals surface area contributed by atoms with Crippen LogP contribution >= 0.6 is 22.9 Å². The zero-order valence-electron chi connectivity index (χ0n) is 19.0. The third-order valence-electron chi connectivity index (χ3n) is 5.64. The quantitative estimate of drug-likeness (QED) is 0.317. The Bertz CT molecular complexity index is 1300. The first-order valence-corrected chi connectivity index (χ1v) is 12.4. The number of halogens is 1. The lowest BCUT2D eigenvalue weighted by Gasteiger charge is -2.19. The van der Waals surface area contributed by atoms with E-state index in [1.807, 2.05) is 34.2 Å². The van der Waals surface area contributed by atoms with Crippen LogP contribution in [0, 0.1) is 0 Å². The smallest absolute Gasteiger partial charge is 0.265 e. The van der Waals surface area contributed by atoms with Gasteiger partial charge in [-0.25, -0.2) is 4.98 Å². The van der Waals surface area contributed by atoms with Crippen molar-refractivity contribution in [1.29, 1.82) is 0 Å². The summed E-state index contributed by atoms with van der Waals surface area (Å²) in [5.41, 5.74) is 2.53. The number of thiophene rings is 1.